The lowest BCUT2D eigenvalue weighted by Gasteiger charge is -2.31. The second-order valence-electron chi connectivity index (χ2n) is 6.76. The van der Waals surface area contributed by atoms with Crippen LogP contribution in [0.1, 0.15) is 29.5 Å². The Balaban J connectivity index is 1.59. The Morgan fingerprint density at radius 3 is 2.64 bits per heavy atom. The van der Waals surface area contributed by atoms with Crippen molar-refractivity contribution in [2.24, 2.45) is 5.92 Å². The Hall–Kier alpha value is -1.79. The summed E-state index contributed by atoms with van der Waals surface area (Å²) in [5.74, 6) is -0.256. The quantitative estimate of drug-likeness (QED) is 0.820. The smallest absolute Gasteiger partial charge is 0.218 e. The van der Waals surface area contributed by atoms with Crippen LogP contribution >= 0.6 is 0 Å². The van der Waals surface area contributed by atoms with Crippen LogP contribution in [0.3, 0.4) is 0 Å². The lowest BCUT2D eigenvalue weighted by atomic mass is 9.92. The number of hydrogen-bond donors (Lipinski definition) is 0. The molecule has 0 aliphatic carbocycles. The number of piperidine rings is 1. The number of hydrogen-bond acceptors (Lipinski definition) is 3. The van der Waals surface area contributed by atoms with E-state index < -0.39 is 15.8 Å². The number of aromatic nitrogens is 1. The van der Waals surface area contributed by atoms with Crippen molar-refractivity contribution in [1.82, 2.24) is 9.29 Å². The van der Waals surface area contributed by atoms with Crippen molar-refractivity contribution in [1.29, 1.82) is 0 Å². The number of sulfonamides is 1. The Morgan fingerprint density at radius 2 is 2.00 bits per heavy atom. The normalized spacial score (nSPS) is 16.9. The molecule has 6 heteroatoms. The van der Waals surface area contributed by atoms with E-state index in [9.17, 15) is 12.8 Å². The summed E-state index contributed by atoms with van der Waals surface area (Å²) in [4.78, 5) is 4.12. The minimum atomic E-state index is -3.49. The van der Waals surface area contributed by atoms with Gasteiger partial charge in [-0.25, -0.2) is 17.1 Å². The fourth-order valence-corrected chi connectivity index (χ4v) is 4.88. The zero-order valence-electron chi connectivity index (χ0n) is 14.4. The van der Waals surface area contributed by atoms with E-state index in [1.165, 1.54) is 15.9 Å². The Labute approximate surface area is 148 Å². The summed E-state index contributed by atoms with van der Waals surface area (Å²) in [7, 11) is -3.49. The van der Waals surface area contributed by atoms with Crippen molar-refractivity contribution >= 4 is 10.0 Å². The van der Waals surface area contributed by atoms with Crippen molar-refractivity contribution < 1.29 is 12.8 Å². The number of halogens is 1. The Morgan fingerprint density at radius 1 is 1.24 bits per heavy atom. The molecule has 0 radical (unpaired) electrons. The van der Waals surface area contributed by atoms with Crippen molar-refractivity contribution in [2.45, 2.75) is 31.9 Å². The highest BCUT2D eigenvalue weighted by Crippen LogP contribution is 2.25. The molecule has 0 N–H and O–H groups in total. The van der Waals surface area contributed by atoms with Gasteiger partial charge >= 0.3 is 0 Å². The molecule has 0 amide bonds. The van der Waals surface area contributed by atoms with Crippen molar-refractivity contribution in [3.63, 3.8) is 0 Å². The second kappa shape index (κ2) is 7.62. The number of pyridine rings is 1. The SMILES string of the molecule is Cc1ccc(CS(=O)(=O)N2CCC(Cc3cccnc3)CC2)c(F)c1. The molecule has 0 saturated carbocycles. The van der Waals surface area contributed by atoms with Crippen LogP contribution in [0, 0.1) is 18.7 Å². The highest BCUT2D eigenvalue weighted by atomic mass is 32.2. The topological polar surface area (TPSA) is 50.3 Å². The summed E-state index contributed by atoms with van der Waals surface area (Å²) in [6.07, 6.45) is 6.19. The first-order valence-electron chi connectivity index (χ1n) is 8.56. The van der Waals surface area contributed by atoms with Gasteiger partial charge in [0.1, 0.15) is 5.82 Å². The molecule has 0 bridgehead atoms. The van der Waals surface area contributed by atoms with Gasteiger partial charge in [-0.15, -0.1) is 0 Å². The van der Waals surface area contributed by atoms with Crippen LogP contribution in [-0.4, -0.2) is 30.8 Å². The monoisotopic (exact) mass is 362 g/mol. The third kappa shape index (κ3) is 4.64. The number of nitrogens with zero attached hydrogens (tertiary/aromatic N) is 2. The molecule has 134 valence electrons. The number of rotatable bonds is 5. The maximum absolute atomic E-state index is 14.0. The largest absolute Gasteiger partial charge is 0.264 e. The van der Waals surface area contributed by atoms with E-state index in [0.29, 0.717) is 19.0 Å². The molecule has 0 atom stereocenters. The summed E-state index contributed by atoms with van der Waals surface area (Å²) < 4.78 is 40.7. The van der Waals surface area contributed by atoms with Gasteiger partial charge in [-0.1, -0.05) is 18.2 Å². The fraction of sp³-hybridized carbons (Fsp3) is 0.421. The van der Waals surface area contributed by atoms with Gasteiger partial charge in [0, 0.05) is 31.0 Å². The minimum absolute atomic E-state index is 0.239. The first-order valence-corrected chi connectivity index (χ1v) is 10.2. The van der Waals surface area contributed by atoms with Gasteiger partial charge in [0.05, 0.1) is 5.75 Å². The molecular formula is C19H23FN2O2S. The molecular weight excluding hydrogens is 339 g/mol. The molecule has 2 aromatic rings. The van der Waals surface area contributed by atoms with Gasteiger partial charge in [0.15, 0.2) is 0 Å². The summed E-state index contributed by atoms with van der Waals surface area (Å²) in [6.45, 7) is 2.79. The summed E-state index contributed by atoms with van der Waals surface area (Å²) in [6, 6.07) is 8.66. The highest BCUT2D eigenvalue weighted by Gasteiger charge is 2.28. The van der Waals surface area contributed by atoms with Crippen LogP contribution < -0.4 is 0 Å². The zero-order chi connectivity index (χ0) is 17.9. The molecule has 1 saturated heterocycles. The molecule has 3 rings (SSSR count). The average Bonchev–Trinajstić information content (AvgIpc) is 2.59. The first-order chi connectivity index (χ1) is 11.9. The van der Waals surface area contributed by atoms with Crippen molar-refractivity contribution in [3.8, 4) is 0 Å². The minimum Gasteiger partial charge on any atom is -0.264 e. The van der Waals surface area contributed by atoms with Gasteiger partial charge in [-0.2, -0.15) is 0 Å². The van der Waals surface area contributed by atoms with Crippen LogP contribution in [-0.2, 0) is 22.2 Å². The number of aryl methyl sites for hydroxylation is 1. The molecule has 25 heavy (non-hydrogen) atoms. The van der Waals surface area contributed by atoms with Gasteiger partial charge in [-0.05, 0) is 55.4 Å². The average molecular weight is 362 g/mol. The molecule has 4 nitrogen and oxygen atoms in total. The fourth-order valence-electron chi connectivity index (χ4n) is 3.30. The predicted molar refractivity (Wildman–Crippen MR) is 96.0 cm³/mol. The Bertz CT molecular complexity index is 817. The summed E-state index contributed by atoms with van der Waals surface area (Å²) in [5, 5.41) is 0. The third-order valence-electron chi connectivity index (χ3n) is 4.76. The van der Waals surface area contributed by atoms with E-state index in [0.717, 1.165) is 24.8 Å². The van der Waals surface area contributed by atoms with Crippen molar-refractivity contribution in [3.05, 3.63) is 65.2 Å². The van der Waals surface area contributed by atoms with Gasteiger partial charge in [-0.3, -0.25) is 4.98 Å². The summed E-state index contributed by atoms with van der Waals surface area (Å²) in [5.41, 5.74) is 2.21. The Kier molecular flexibility index (Phi) is 5.49. The highest BCUT2D eigenvalue weighted by molar-refractivity contribution is 7.88. The first kappa shape index (κ1) is 18.0. The van der Waals surface area contributed by atoms with Crippen LogP contribution in [0.4, 0.5) is 4.39 Å². The molecule has 2 heterocycles. The van der Waals surface area contributed by atoms with E-state index in [-0.39, 0.29) is 11.3 Å². The molecule has 1 fully saturated rings. The van der Waals surface area contributed by atoms with Crippen LogP contribution in [0.2, 0.25) is 0 Å². The van der Waals surface area contributed by atoms with Crippen LogP contribution in [0.5, 0.6) is 0 Å². The standard InChI is InChI=1S/C19H23FN2O2S/c1-15-4-5-18(19(20)11-15)14-25(23,24)22-9-6-16(7-10-22)12-17-3-2-8-21-13-17/h2-5,8,11,13,16H,6-7,9-10,12,14H2,1H3. The maximum atomic E-state index is 14.0. The van der Waals surface area contributed by atoms with Crippen LogP contribution in [0.25, 0.3) is 0 Å². The van der Waals surface area contributed by atoms with E-state index in [1.54, 1.807) is 25.3 Å². The molecule has 0 spiro atoms. The third-order valence-corrected chi connectivity index (χ3v) is 6.59. The molecule has 1 aromatic carbocycles. The van der Waals surface area contributed by atoms with Gasteiger partial charge in [0.25, 0.3) is 0 Å². The molecule has 0 unspecified atom stereocenters. The lowest BCUT2D eigenvalue weighted by Crippen LogP contribution is -2.39. The van der Waals surface area contributed by atoms with Gasteiger partial charge in [0.2, 0.25) is 10.0 Å². The van der Waals surface area contributed by atoms with Crippen LogP contribution in [0.15, 0.2) is 42.7 Å². The molecule has 1 aliphatic rings. The lowest BCUT2D eigenvalue weighted by molar-refractivity contribution is 0.272. The van der Waals surface area contributed by atoms with Gasteiger partial charge < -0.3 is 0 Å². The second-order valence-corrected chi connectivity index (χ2v) is 8.73. The van der Waals surface area contributed by atoms with E-state index in [4.69, 9.17) is 0 Å². The summed E-state index contributed by atoms with van der Waals surface area (Å²) >= 11 is 0. The van der Waals surface area contributed by atoms with Crippen molar-refractivity contribution in [2.75, 3.05) is 13.1 Å². The maximum Gasteiger partial charge on any atom is 0.218 e. The van der Waals surface area contributed by atoms with E-state index in [2.05, 4.69) is 11.1 Å². The van der Waals surface area contributed by atoms with E-state index in [1.807, 2.05) is 12.3 Å². The van der Waals surface area contributed by atoms with E-state index >= 15 is 0 Å². The molecule has 1 aromatic heterocycles. The zero-order valence-corrected chi connectivity index (χ0v) is 15.2. The molecule has 1 aliphatic heterocycles. The number of benzene rings is 1. The predicted octanol–water partition coefficient (Wildman–Crippen LogP) is 3.31.